The van der Waals surface area contributed by atoms with Gasteiger partial charge in [-0.25, -0.2) is 4.79 Å². The minimum atomic E-state index is -0.181. The third kappa shape index (κ3) is 0.796. The van der Waals surface area contributed by atoms with Gasteiger partial charge in [0.05, 0.1) is 7.11 Å². The second kappa shape index (κ2) is 1.37. The van der Waals surface area contributed by atoms with E-state index in [9.17, 15) is 4.79 Å². The molecule has 1 aliphatic carbocycles. The molecule has 0 fully saturated rings. The molecule has 0 bridgehead atoms. The van der Waals surface area contributed by atoms with Crippen molar-refractivity contribution in [3.8, 4) is 0 Å². The first-order valence-electron chi connectivity index (χ1n) is 2.12. The molecule has 2 nitrogen and oxygen atoms in total. The van der Waals surface area contributed by atoms with Gasteiger partial charge in [-0.3, -0.25) is 0 Å². The number of methoxy groups -OCH3 is 1. The lowest BCUT2D eigenvalue weighted by Gasteiger charge is -1.86. The van der Waals surface area contributed by atoms with Crippen LogP contribution in [-0.4, -0.2) is 13.1 Å². The molecule has 0 heterocycles. The van der Waals surface area contributed by atoms with E-state index in [1.54, 1.807) is 0 Å². The number of esters is 1. The lowest BCUT2D eigenvalue weighted by atomic mass is 10.5. The van der Waals surface area contributed by atoms with Crippen LogP contribution in [0.5, 0.6) is 0 Å². The van der Waals surface area contributed by atoms with Crippen molar-refractivity contribution in [2.45, 2.75) is 6.42 Å². The molecule has 0 saturated heterocycles. The van der Waals surface area contributed by atoms with Crippen molar-refractivity contribution in [2.75, 3.05) is 7.11 Å². The Bertz CT molecular complexity index is 124. The van der Waals surface area contributed by atoms with Crippen molar-refractivity contribution >= 4 is 5.97 Å². The summed E-state index contributed by atoms with van der Waals surface area (Å²) in [5.41, 5.74) is 0.808. The van der Waals surface area contributed by atoms with E-state index < -0.39 is 0 Å². The number of carbonyl (C=O) groups is 1. The Morgan fingerprint density at radius 3 is 2.71 bits per heavy atom. The van der Waals surface area contributed by atoms with Crippen molar-refractivity contribution in [1.82, 2.24) is 0 Å². The molecule has 0 aromatic rings. The van der Waals surface area contributed by atoms with E-state index in [1.807, 2.05) is 6.08 Å². The predicted molar refractivity (Wildman–Crippen MR) is 24.7 cm³/mol. The molecule has 0 aliphatic heterocycles. The highest BCUT2D eigenvalue weighted by molar-refractivity contribution is 5.92. The highest BCUT2D eigenvalue weighted by atomic mass is 16.5. The van der Waals surface area contributed by atoms with Crippen LogP contribution in [0.2, 0.25) is 0 Å². The molecule has 0 aromatic heterocycles. The Morgan fingerprint density at radius 1 is 2.00 bits per heavy atom. The quantitative estimate of drug-likeness (QED) is 0.446. The first kappa shape index (κ1) is 4.37. The maximum Gasteiger partial charge on any atom is 0.333 e. The average Bonchev–Trinajstić information content (AvgIpc) is 2.44. The highest BCUT2D eigenvalue weighted by Crippen LogP contribution is 2.18. The molecular formula is C5H6O2. The molecule has 38 valence electrons. The predicted octanol–water partition coefficient (Wildman–Crippen LogP) is 0.489. The molecule has 1 aliphatic rings. The largest absolute Gasteiger partial charge is 0.466 e. The van der Waals surface area contributed by atoms with Crippen LogP contribution in [0.25, 0.3) is 0 Å². The molecule has 0 radical (unpaired) electrons. The summed E-state index contributed by atoms with van der Waals surface area (Å²) < 4.78 is 4.37. The van der Waals surface area contributed by atoms with Gasteiger partial charge in [0.25, 0.3) is 0 Å². The topological polar surface area (TPSA) is 26.3 Å². The summed E-state index contributed by atoms with van der Waals surface area (Å²) >= 11 is 0. The summed E-state index contributed by atoms with van der Waals surface area (Å²) in [4.78, 5) is 10.3. The Hall–Kier alpha value is -0.790. The first-order chi connectivity index (χ1) is 3.34. The van der Waals surface area contributed by atoms with Gasteiger partial charge in [-0.2, -0.15) is 0 Å². The normalized spacial score (nSPS) is 15.3. The Labute approximate surface area is 41.8 Å². The second-order valence-corrected chi connectivity index (χ2v) is 1.43. The molecule has 2 heteroatoms. The second-order valence-electron chi connectivity index (χ2n) is 1.43. The van der Waals surface area contributed by atoms with Crippen molar-refractivity contribution in [2.24, 2.45) is 0 Å². The summed E-state index contributed by atoms with van der Waals surface area (Å²) in [6.45, 7) is 0. The van der Waals surface area contributed by atoms with Crippen LogP contribution in [0.1, 0.15) is 6.42 Å². The van der Waals surface area contributed by atoms with Gasteiger partial charge < -0.3 is 4.74 Å². The maximum absolute atomic E-state index is 10.3. The van der Waals surface area contributed by atoms with Crippen molar-refractivity contribution in [1.29, 1.82) is 0 Å². The maximum atomic E-state index is 10.3. The lowest BCUT2D eigenvalue weighted by molar-refractivity contribution is -0.135. The number of hydrogen-bond donors (Lipinski definition) is 0. The van der Waals surface area contributed by atoms with E-state index in [2.05, 4.69) is 4.74 Å². The van der Waals surface area contributed by atoms with Gasteiger partial charge in [-0.1, -0.05) is 6.08 Å². The number of hydrogen-bond acceptors (Lipinski definition) is 2. The van der Waals surface area contributed by atoms with Crippen LogP contribution in [0.4, 0.5) is 0 Å². The molecular weight excluding hydrogens is 92.1 g/mol. The summed E-state index contributed by atoms with van der Waals surface area (Å²) in [7, 11) is 1.39. The Morgan fingerprint density at radius 2 is 2.57 bits per heavy atom. The summed E-state index contributed by atoms with van der Waals surface area (Å²) in [6, 6.07) is 0. The van der Waals surface area contributed by atoms with Crippen LogP contribution in [0, 0.1) is 0 Å². The van der Waals surface area contributed by atoms with Crippen LogP contribution in [0.15, 0.2) is 11.6 Å². The fourth-order valence-corrected chi connectivity index (χ4v) is 0.349. The first-order valence-corrected chi connectivity index (χ1v) is 2.12. The molecule has 0 aromatic carbocycles. The van der Waals surface area contributed by atoms with Gasteiger partial charge in [0, 0.05) is 5.57 Å². The average molecular weight is 98.1 g/mol. The summed E-state index contributed by atoms with van der Waals surface area (Å²) in [5.74, 6) is -0.181. The van der Waals surface area contributed by atoms with Crippen molar-refractivity contribution in [3.63, 3.8) is 0 Å². The number of ether oxygens (including phenoxy) is 1. The van der Waals surface area contributed by atoms with E-state index in [0.717, 1.165) is 12.0 Å². The minimum Gasteiger partial charge on any atom is -0.466 e. The molecule has 0 amide bonds. The van der Waals surface area contributed by atoms with Crippen LogP contribution in [-0.2, 0) is 9.53 Å². The monoisotopic (exact) mass is 98.0 g/mol. The smallest absolute Gasteiger partial charge is 0.333 e. The molecule has 7 heavy (non-hydrogen) atoms. The van der Waals surface area contributed by atoms with Gasteiger partial charge in [0.2, 0.25) is 0 Å². The van der Waals surface area contributed by atoms with Gasteiger partial charge in [0.1, 0.15) is 0 Å². The van der Waals surface area contributed by atoms with Crippen molar-refractivity contribution < 1.29 is 9.53 Å². The lowest BCUT2D eigenvalue weighted by Crippen LogP contribution is -1.95. The van der Waals surface area contributed by atoms with Gasteiger partial charge in [-0.05, 0) is 6.42 Å². The zero-order chi connectivity index (χ0) is 5.28. The summed E-state index contributed by atoms with van der Waals surface area (Å²) in [6.07, 6.45) is 2.67. The molecule has 0 unspecified atom stereocenters. The van der Waals surface area contributed by atoms with E-state index in [4.69, 9.17) is 0 Å². The summed E-state index contributed by atoms with van der Waals surface area (Å²) in [5, 5.41) is 0. The van der Waals surface area contributed by atoms with E-state index in [-0.39, 0.29) is 5.97 Å². The molecule has 1 rings (SSSR count). The Balaban J connectivity index is 2.39. The molecule has 0 saturated carbocycles. The number of carbonyl (C=O) groups excluding carboxylic acids is 1. The standard InChI is InChI=1S/C5H6O2/c1-7-5(6)4-2-3-4/h2H,3H2,1H3. The van der Waals surface area contributed by atoms with Crippen molar-refractivity contribution in [3.05, 3.63) is 11.6 Å². The minimum absolute atomic E-state index is 0.181. The van der Waals surface area contributed by atoms with E-state index >= 15 is 0 Å². The van der Waals surface area contributed by atoms with E-state index in [1.165, 1.54) is 7.11 Å². The highest BCUT2D eigenvalue weighted by Gasteiger charge is 2.16. The fourth-order valence-electron chi connectivity index (χ4n) is 0.349. The zero-order valence-corrected chi connectivity index (χ0v) is 4.10. The zero-order valence-electron chi connectivity index (χ0n) is 4.10. The molecule has 0 atom stereocenters. The van der Waals surface area contributed by atoms with Crippen LogP contribution < -0.4 is 0 Å². The van der Waals surface area contributed by atoms with Crippen LogP contribution in [0.3, 0.4) is 0 Å². The number of allylic oxidation sites excluding steroid dienone is 1. The van der Waals surface area contributed by atoms with Gasteiger partial charge in [0.15, 0.2) is 0 Å². The van der Waals surface area contributed by atoms with Gasteiger partial charge >= 0.3 is 5.97 Å². The number of rotatable bonds is 1. The molecule has 0 spiro atoms. The van der Waals surface area contributed by atoms with Crippen LogP contribution >= 0.6 is 0 Å². The Kier molecular flexibility index (Phi) is 0.855. The fraction of sp³-hybridized carbons (Fsp3) is 0.400. The van der Waals surface area contributed by atoms with E-state index in [0.29, 0.717) is 0 Å². The molecule has 0 N–H and O–H groups in total. The third-order valence-electron chi connectivity index (χ3n) is 0.856. The SMILES string of the molecule is COC(=O)C1=CC1. The van der Waals surface area contributed by atoms with Gasteiger partial charge in [-0.15, -0.1) is 0 Å². The third-order valence-corrected chi connectivity index (χ3v) is 0.856.